The molecule has 0 fully saturated rings. The lowest BCUT2D eigenvalue weighted by molar-refractivity contribution is 0.0660. The van der Waals surface area contributed by atoms with Crippen molar-refractivity contribution in [3.63, 3.8) is 0 Å². The summed E-state index contributed by atoms with van der Waals surface area (Å²) >= 11 is 0. The highest BCUT2D eigenvalue weighted by Crippen LogP contribution is 2.19. The van der Waals surface area contributed by atoms with Crippen LogP contribution in [0.3, 0.4) is 0 Å². The first kappa shape index (κ1) is 16.2. The van der Waals surface area contributed by atoms with Gasteiger partial charge in [0.25, 0.3) is 5.91 Å². The fourth-order valence-electron chi connectivity index (χ4n) is 2.14. The number of aromatic nitrogens is 2. The third-order valence-electron chi connectivity index (χ3n) is 3.80. The van der Waals surface area contributed by atoms with Crippen molar-refractivity contribution in [1.82, 2.24) is 15.0 Å². The zero-order valence-corrected chi connectivity index (χ0v) is 13.6. The Kier molecular flexibility index (Phi) is 5.31. The molecule has 0 unspecified atom stereocenters. The van der Waals surface area contributed by atoms with Gasteiger partial charge < -0.3 is 9.42 Å². The highest BCUT2D eigenvalue weighted by molar-refractivity contribution is 5.92. The molecule has 2 rings (SSSR count). The largest absolute Gasteiger partial charge is 0.360 e. The summed E-state index contributed by atoms with van der Waals surface area (Å²) in [5.74, 6) is 0.851. The second-order valence-corrected chi connectivity index (χ2v) is 5.82. The molecule has 1 atom stereocenters. The first-order valence-electron chi connectivity index (χ1n) is 7.69. The van der Waals surface area contributed by atoms with E-state index in [4.69, 9.17) is 4.52 Å². The van der Waals surface area contributed by atoms with Crippen LogP contribution in [0.25, 0.3) is 0 Å². The van der Waals surface area contributed by atoms with Gasteiger partial charge in [-0.15, -0.1) is 0 Å². The molecule has 0 bridgehead atoms. The van der Waals surface area contributed by atoms with Gasteiger partial charge in [-0.3, -0.25) is 9.78 Å². The Labute approximate surface area is 131 Å². The van der Waals surface area contributed by atoms with E-state index in [2.05, 4.69) is 17.1 Å². The molecule has 22 heavy (non-hydrogen) atoms. The summed E-state index contributed by atoms with van der Waals surface area (Å²) in [5, 5.41) is 3.94. The Morgan fingerprint density at radius 2 is 1.95 bits per heavy atom. The van der Waals surface area contributed by atoms with Crippen LogP contribution >= 0.6 is 0 Å². The van der Waals surface area contributed by atoms with Crippen LogP contribution in [-0.2, 0) is 6.54 Å². The van der Waals surface area contributed by atoms with Crippen molar-refractivity contribution < 1.29 is 9.32 Å². The molecule has 5 nitrogen and oxygen atoms in total. The minimum absolute atomic E-state index is 0.0955. The summed E-state index contributed by atoms with van der Waals surface area (Å²) in [4.78, 5) is 18.6. The minimum Gasteiger partial charge on any atom is -0.360 e. The standard InChI is InChI=1S/C17H23N3O2/c1-5-13(4)20(11-14-6-8-18-9-7-14)17(21)15-10-16(12(2)3)22-19-15/h6-10,12-13H,5,11H2,1-4H3/t13-/m1/s1. The second kappa shape index (κ2) is 7.20. The molecule has 0 aromatic carbocycles. The molecule has 5 heteroatoms. The van der Waals surface area contributed by atoms with Gasteiger partial charge in [0.2, 0.25) is 0 Å². The molecule has 2 heterocycles. The molecule has 0 N–H and O–H groups in total. The van der Waals surface area contributed by atoms with Crippen molar-refractivity contribution >= 4 is 5.91 Å². The van der Waals surface area contributed by atoms with Crippen molar-refractivity contribution in [2.24, 2.45) is 0 Å². The summed E-state index contributed by atoms with van der Waals surface area (Å²) in [6.45, 7) is 8.68. The number of hydrogen-bond donors (Lipinski definition) is 0. The summed E-state index contributed by atoms with van der Waals surface area (Å²) in [7, 11) is 0. The number of carbonyl (C=O) groups is 1. The molecule has 0 aliphatic rings. The topological polar surface area (TPSA) is 59.2 Å². The fraction of sp³-hybridized carbons (Fsp3) is 0.471. The Hall–Kier alpha value is -2.17. The zero-order chi connectivity index (χ0) is 16.1. The maximum atomic E-state index is 12.8. The van der Waals surface area contributed by atoms with Gasteiger partial charge in [0.15, 0.2) is 5.69 Å². The number of carbonyl (C=O) groups excluding carboxylic acids is 1. The van der Waals surface area contributed by atoms with Crippen LogP contribution in [0.4, 0.5) is 0 Å². The molecule has 1 amide bonds. The van der Waals surface area contributed by atoms with Crippen LogP contribution in [-0.4, -0.2) is 27.0 Å². The van der Waals surface area contributed by atoms with E-state index in [0.717, 1.165) is 17.7 Å². The third kappa shape index (κ3) is 3.72. The van der Waals surface area contributed by atoms with Crippen LogP contribution in [0.15, 0.2) is 35.1 Å². The molecule has 0 radical (unpaired) electrons. The van der Waals surface area contributed by atoms with Gasteiger partial charge in [0.05, 0.1) is 0 Å². The Morgan fingerprint density at radius 1 is 1.27 bits per heavy atom. The molecule has 0 spiro atoms. The van der Waals surface area contributed by atoms with E-state index in [9.17, 15) is 4.79 Å². The lowest BCUT2D eigenvalue weighted by Gasteiger charge is -2.27. The van der Waals surface area contributed by atoms with E-state index in [-0.39, 0.29) is 17.9 Å². The summed E-state index contributed by atoms with van der Waals surface area (Å²) in [6, 6.07) is 5.71. The zero-order valence-electron chi connectivity index (χ0n) is 13.6. The maximum Gasteiger partial charge on any atom is 0.276 e. The summed E-state index contributed by atoms with van der Waals surface area (Å²) in [5.41, 5.74) is 1.43. The first-order chi connectivity index (χ1) is 10.5. The monoisotopic (exact) mass is 301 g/mol. The quantitative estimate of drug-likeness (QED) is 0.817. The smallest absolute Gasteiger partial charge is 0.276 e. The van der Waals surface area contributed by atoms with Crippen molar-refractivity contribution in [1.29, 1.82) is 0 Å². The second-order valence-electron chi connectivity index (χ2n) is 5.82. The normalized spacial score (nSPS) is 12.4. The molecule has 0 saturated carbocycles. The molecule has 0 saturated heterocycles. The number of nitrogens with zero attached hydrogens (tertiary/aromatic N) is 3. The average molecular weight is 301 g/mol. The average Bonchev–Trinajstić information content (AvgIpc) is 3.02. The molecule has 2 aromatic heterocycles. The van der Waals surface area contributed by atoms with E-state index in [1.54, 1.807) is 18.5 Å². The predicted octanol–water partition coefficient (Wildman–Crippen LogP) is 3.63. The predicted molar refractivity (Wildman–Crippen MR) is 84.5 cm³/mol. The van der Waals surface area contributed by atoms with Gasteiger partial charge in [-0.25, -0.2) is 0 Å². The number of hydrogen-bond acceptors (Lipinski definition) is 4. The van der Waals surface area contributed by atoms with Gasteiger partial charge in [-0.2, -0.15) is 0 Å². The molecule has 0 aliphatic heterocycles. The highest BCUT2D eigenvalue weighted by atomic mass is 16.5. The van der Waals surface area contributed by atoms with Crippen LogP contribution in [0, 0.1) is 0 Å². The number of rotatable bonds is 6. The van der Waals surface area contributed by atoms with Crippen molar-refractivity contribution in [2.45, 2.75) is 52.6 Å². The Morgan fingerprint density at radius 3 is 2.50 bits per heavy atom. The minimum atomic E-state index is -0.0955. The third-order valence-corrected chi connectivity index (χ3v) is 3.80. The molecular weight excluding hydrogens is 278 g/mol. The Balaban J connectivity index is 2.22. The van der Waals surface area contributed by atoms with Gasteiger partial charge in [-0.05, 0) is 31.0 Å². The van der Waals surface area contributed by atoms with Gasteiger partial charge in [-0.1, -0.05) is 25.9 Å². The fourth-order valence-corrected chi connectivity index (χ4v) is 2.14. The van der Waals surface area contributed by atoms with Crippen molar-refractivity contribution in [3.8, 4) is 0 Å². The highest BCUT2D eigenvalue weighted by Gasteiger charge is 2.24. The van der Waals surface area contributed by atoms with Crippen molar-refractivity contribution in [2.75, 3.05) is 0 Å². The Bertz CT molecular complexity index is 607. The van der Waals surface area contributed by atoms with E-state index in [1.807, 2.05) is 37.8 Å². The van der Waals surface area contributed by atoms with E-state index in [0.29, 0.717) is 12.2 Å². The van der Waals surface area contributed by atoms with E-state index >= 15 is 0 Å². The van der Waals surface area contributed by atoms with Gasteiger partial charge >= 0.3 is 0 Å². The van der Waals surface area contributed by atoms with Crippen LogP contribution in [0.1, 0.15) is 61.8 Å². The van der Waals surface area contributed by atoms with Crippen LogP contribution in [0.2, 0.25) is 0 Å². The van der Waals surface area contributed by atoms with E-state index in [1.165, 1.54) is 0 Å². The molecule has 0 aliphatic carbocycles. The van der Waals surface area contributed by atoms with E-state index < -0.39 is 0 Å². The van der Waals surface area contributed by atoms with Gasteiger partial charge in [0, 0.05) is 37.0 Å². The molecule has 118 valence electrons. The lowest BCUT2D eigenvalue weighted by Crippen LogP contribution is -2.38. The van der Waals surface area contributed by atoms with Crippen LogP contribution in [0.5, 0.6) is 0 Å². The van der Waals surface area contributed by atoms with Crippen molar-refractivity contribution in [3.05, 3.63) is 47.6 Å². The number of amides is 1. The molecule has 2 aromatic rings. The van der Waals surface area contributed by atoms with Crippen LogP contribution < -0.4 is 0 Å². The summed E-state index contributed by atoms with van der Waals surface area (Å²) < 4.78 is 5.25. The number of pyridine rings is 1. The lowest BCUT2D eigenvalue weighted by atomic mass is 10.1. The first-order valence-corrected chi connectivity index (χ1v) is 7.69. The SMILES string of the molecule is CC[C@@H](C)N(Cc1ccncc1)C(=O)c1cc(C(C)C)on1. The maximum absolute atomic E-state index is 12.8. The molecular formula is C17H23N3O2. The van der Waals surface area contributed by atoms with Gasteiger partial charge in [0.1, 0.15) is 5.76 Å². The summed E-state index contributed by atoms with van der Waals surface area (Å²) in [6.07, 6.45) is 4.36.